The maximum atomic E-state index is 13.2. The maximum Gasteiger partial charge on any atom is 0.276 e. The molecule has 0 spiro atoms. The van der Waals surface area contributed by atoms with Crippen LogP contribution in [0.4, 0.5) is 0 Å². The number of piperidine rings is 1. The fraction of sp³-hybridized carbons (Fsp3) is 0.440. The van der Waals surface area contributed by atoms with Gasteiger partial charge in [-0.1, -0.05) is 41.1 Å². The van der Waals surface area contributed by atoms with Crippen LogP contribution in [-0.4, -0.2) is 51.3 Å². The quantitative estimate of drug-likeness (QED) is 0.587. The zero-order chi connectivity index (χ0) is 23.5. The van der Waals surface area contributed by atoms with Gasteiger partial charge in [0.1, 0.15) is 6.10 Å². The number of amides is 2. The Bertz CT molecular complexity index is 1130. The van der Waals surface area contributed by atoms with Gasteiger partial charge in [0.2, 0.25) is 5.91 Å². The van der Waals surface area contributed by atoms with Crippen LogP contribution in [0, 0.1) is 12.8 Å². The SMILES string of the molecule is Cc1ccc(C2Cn3nnc(C(=O)N4CCC(C(=O)NCCc5cccs5)CC4)c3CO2)cc1. The number of likely N-dealkylation sites (tertiary alicyclic amines) is 1. The summed E-state index contributed by atoms with van der Waals surface area (Å²) in [5.74, 6) is -0.101. The summed E-state index contributed by atoms with van der Waals surface area (Å²) in [5.41, 5.74) is 3.38. The summed E-state index contributed by atoms with van der Waals surface area (Å²) in [6.07, 6.45) is 2.07. The summed E-state index contributed by atoms with van der Waals surface area (Å²) in [4.78, 5) is 28.7. The van der Waals surface area contributed by atoms with E-state index in [1.807, 2.05) is 11.4 Å². The van der Waals surface area contributed by atoms with E-state index in [0.29, 0.717) is 51.3 Å². The average molecular weight is 480 g/mol. The van der Waals surface area contributed by atoms with Crippen LogP contribution in [0.5, 0.6) is 0 Å². The Hall–Kier alpha value is -3.04. The Morgan fingerprint density at radius 1 is 1.18 bits per heavy atom. The normalized spacial score (nSPS) is 18.5. The van der Waals surface area contributed by atoms with Crippen molar-refractivity contribution in [1.29, 1.82) is 0 Å². The number of thiophene rings is 1. The molecule has 1 N–H and O–H groups in total. The molecule has 1 saturated heterocycles. The van der Waals surface area contributed by atoms with E-state index in [9.17, 15) is 9.59 Å². The molecule has 1 atom stereocenters. The van der Waals surface area contributed by atoms with E-state index in [-0.39, 0.29) is 23.8 Å². The highest BCUT2D eigenvalue weighted by molar-refractivity contribution is 7.09. The van der Waals surface area contributed by atoms with Crippen LogP contribution in [0.15, 0.2) is 41.8 Å². The highest BCUT2D eigenvalue weighted by atomic mass is 32.1. The molecule has 2 aliphatic rings. The Morgan fingerprint density at radius 2 is 1.97 bits per heavy atom. The standard InChI is InChI=1S/C25H29N5O3S/c1-17-4-6-18(7-5-17)22-15-30-21(16-33-22)23(27-28-30)25(32)29-12-9-19(10-13-29)24(31)26-11-8-20-3-2-14-34-20/h2-7,14,19,22H,8-13,15-16H2,1H3,(H,26,31). The lowest BCUT2D eigenvalue weighted by molar-refractivity contribution is -0.126. The van der Waals surface area contributed by atoms with Crippen molar-refractivity contribution >= 4 is 23.2 Å². The molecule has 0 radical (unpaired) electrons. The number of ether oxygens (including phenoxy) is 1. The molecule has 4 heterocycles. The number of nitrogens with one attached hydrogen (secondary N) is 1. The van der Waals surface area contributed by atoms with Gasteiger partial charge in [-0.3, -0.25) is 9.59 Å². The van der Waals surface area contributed by atoms with Gasteiger partial charge in [0.25, 0.3) is 5.91 Å². The first kappa shape index (κ1) is 22.7. The fourth-order valence-corrected chi connectivity index (χ4v) is 5.27. The molecule has 34 heavy (non-hydrogen) atoms. The predicted octanol–water partition coefficient (Wildman–Crippen LogP) is 3.13. The molecule has 2 aromatic heterocycles. The minimum absolute atomic E-state index is 0.0555. The molecule has 178 valence electrons. The number of benzene rings is 1. The first-order valence-corrected chi connectivity index (χ1v) is 12.7. The lowest BCUT2D eigenvalue weighted by Gasteiger charge is -2.31. The minimum atomic E-state index is -0.129. The van der Waals surface area contributed by atoms with Gasteiger partial charge in [0.05, 0.1) is 18.8 Å². The third-order valence-corrected chi connectivity index (χ3v) is 7.59. The lowest BCUT2D eigenvalue weighted by atomic mass is 9.95. The largest absolute Gasteiger partial charge is 0.365 e. The summed E-state index contributed by atoms with van der Waals surface area (Å²) in [7, 11) is 0. The zero-order valence-electron chi connectivity index (χ0n) is 19.3. The van der Waals surface area contributed by atoms with Gasteiger partial charge in [-0.05, 0) is 43.2 Å². The first-order chi connectivity index (χ1) is 16.6. The summed E-state index contributed by atoms with van der Waals surface area (Å²) in [5, 5.41) is 13.5. The average Bonchev–Trinajstić information content (AvgIpc) is 3.54. The number of aryl methyl sites for hydroxylation is 1. The van der Waals surface area contributed by atoms with Crippen molar-refractivity contribution in [2.75, 3.05) is 19.6 Å². The van der Waals surface area contributed by atoms with Crippen molar-refractivity contribution in [3.63, 3.8) is 0 Å². The van der Waals surface area contributed by atoms with Crippen molar-refractivity contribution in [1.82, 2.24) is 25.2 Å². The summed E-state index contributed by atoms with van der Waals surface area (Å²) in [6.45, 7) is 4.62. The van der Waals surface area contributed by atoms with E-state index in [1.54, 1.807) is 20.9 Å². The maximum absolute atomic E-state index is 13.2. The monoisotopic (exact) mass is 479 g/mol. The second-order valence-corrected chi connectivity index (χ2v) is 10.00. The number of carbonyl (C=O) groups excluding carboxylic acids is 2. The van der Waals surface area contributed by atoms with E-state index in [4.69, 9.17) is 4.74 Å². The van der Waals surface area contributed by atoms with Gasteiger partial charge >= 0.3 is 0 Å². The Morgan fingerprint density at radius 3 is 2.71 bits per heavy atom. The molecular weight excluding hydrogens is 450 g/mol. The second-order valence-electron chi connectivity index (χ2n) is 8.96. The minimum Gasteiger partial charge on any atom is -0.365 e. The smallest absolute Gasteiger partial charge is 0.276 e. The molecular formula is C25H29N5O3S. The third-order valence-electron chi connectivity index (χ3n) is 6.65. The zero-order valence-corrected chi connectivity index (χ0v) is 20.1. The first-order valence-electron chi connectivity index (χ1n) is 11.8. The Labute approximate surface area is 202 Å². The molecule has 2 aliphatic heterocycles. The molecule has 3 aromatic rings. The number of rotatable bonds is 6. The summed E-state index contributed by atoms with van der Waals surface area (Å²) in [6, 6.07) is 12.4. The number of aromatic nitrogens is 3. The highest BCUT2D eigenvalue weighted by Gasteiger charge is 2.33. The number of carbonyl (C=O) groups is 2. The molecule has 9 heteroatoms. The van der Waals surface area contributed by atoms with Crippen LogP contribution in [0.25, 0.3) is 0 Å². The second kappa shape index (κ2) is 10.1. The topological polar surface area (TPSA) is 89.4 Å². The van der Waals surface area contributed by atoms with Crippen LogP contribution in [0.3, 0.4) is 0 Å². The molecule has 1 aromatic carbocycles. The van der Waals surface area contributed by atoms with E-state index in [2.05, 4.69) is 52.9 Å². The molecule has 1 unspecified atom stereocenters. The number of nitrogens with zero attached hydrogens (tertiary/aromatic N) is 4. The Balaban J connectivity index is 1.14. The van der Waals surface area contributed by atoms with Crippen LogP contribution in [0.1, 0.15) is 51.1 Å². The van der Waals surface area contributed by atoms with E-state index >= 15 is 0 Å². The molecule has 2 amide bonds. The molecule has 1 fully saturated rings. The lowest BCUT2D eigenvalue weighted by Crippen LogP contribution is -2.43. The van der Waals surface area contributed by atoms with Crippen LogP contribution >= 0.6 is 11.3 Å². The van der Waals surface area contributed by atoms with Crippen molar-refractivity contribution in [2.24, 2.45) is 5.92 Å². The van der Waals surface area contributed by atoms with Gasteiger partial charge in [-0.2, -0.15) is 0 Å². The third kappa shape index (κ3) is 4.90. The molecule has 0 aliphatic carbocycles. The van der Waals surface area contributed by atoms with E-state index in [1.165, 1.54) is 10.4 Å². The van der Waals surface area contributed by atoms with Crippen molar-refractivity contribution < 1.29 is 14.3 Å². The highest BCUT2D eigenvalue weighted by Crippen LogP contribution is 2.28. The van der Waals surface area contributed by atoms with Gasteiger partial charge in [0, 0.05) is 30.4 Å². The van der Waals surface area contributed by atoms with Gasteiger partial charge in [-0.15, -0.1) is 16.4 Å². The van der Waals surface area contributed by atoms with Crippen molar-refractivity contribution in [3.05, 3.63) is 69.2 Å². The summed E-state index contributed by atoms with van der Waals surface area (Å²) >= 11 is 1.70. The number of hydrogen-bond donors (Lipinski definition) is 1. The number of hydrogen-bond acceptors (Lipinski definition) is 6. The molecule has 0 bridgehead atoms. The van der Waals surface area contributed by atoms with Gasteiger partial charge in [0.15, 0.2) is 5.69 Å². The molecule has 0 saturated carbocycles. The van der Waals surface area contributed by atoms with Gasteiger partial charge in [-0.25, -0.2) is 4.68 Å². The Kier molecular flexibility index (Phi) is 6.73. The molecule has 8 nitrogen and oxygen atoms in total. The number of fused-ring (bicyclic) bond motifs is 1. The van der Waals surface area contributed by atoms with E-state index < -0.39 is 0 Å². The van der Waals surface area contributed by atoms with Crippen LogP contribution in [-0.2, 0) is 29.1 Å². The van der Waals surface area contributed by atoms with Crippen molar-refractivity contribution in [2.45, 2.75) is 45.4 Å². The summed E-state index contributed by atoms with van der Waals surface area (Å²) < 4.78 is 7.84. The fourth-order valence-electron chi connectivity index (χ4n) is 4.56. The van der Waals surface area contributed by atoms with Crippen molar-refractivity contribution in [3.8, 4) is 0 Å². The van der Waals surface area contributed by atoms with E-state index in [0.717, 1.165) is 17.7 Å². The van der Waals surface area contributed by atoms with Crippen LogP contribution < -0.4 is 5.32 Å². The van der Waals surface area contributed by atoms with Crippen LogP contribution in [0.2, 0.25) is 0 Å². The molecule has 5 rings (SSSR count). The predicted molar refractivity (Wildman–Crippen MR) is 128 cm³/mol. The van der Waals surface area contributed by atoms with Gasteiger partial charge < -0.3 is 15.0 Å².